The average Bonchev–Trinajstić information content (AvgIpc) is 2.40. The lowest BCUT2D eigenvalue weighted by Gasteiger charge is -2.20. The van der Waals surface area contributed by atoms with Gasteiger partial charge in [0.2, 0.25) is 0 Å². The maximum absolute atomic E-state index is 11.9. The lowest BCUT2D eigenvalue weighted by atomic mass is 9.98. The van der Waals surface area contributed by atoms with Gasteiger partial charge in [-0.1, -0.05) is 6.08 Å². The van der Waals surface area contributed by atoms with Gasteiger partial charge in [0.1, 0.15) is 23.8 Å². The van der Waals surface area contributed by atoms with Crippen molar-refractivity contribution in [2.45, 2.75) is 39.2 Å². The molecule has 1 rings (SSSR count). The molecule has 0 fully saturated rings. The van der Waals surface area contributed by atoms with Gasteiger partial charge in [0.05, 0.1) is 5.92 Å². The number of carbonyl (C=O) groups is 1. The lowest BCUT2D eigenvalue weighted by Crippen LogP contribution is -2.23. The van der Waals surface area contributed by atoms with Gasteiger partial charge in [-0.3, -0.25) is 4.79 Å². The summed E-state index contributed by atoms with van der Waals surface area (Å²) in [7, 11) is 0. The zero-order valence-corrected chi connectivity index (χ0v) is 10.6. The van der Waals surface area contributed by atoms with Crippen LogP contribution in [-0.4, -0.2) is 12.1 Å². The molecule has 4 heteroatoms. The van der Waals surface area contributed by atoms with E-state index in [0.29, 0.717) is 5.57 Å². The second kappa shape index (κ2) is 6.61. The van der Waals surface area contributed by atoms with Gasteiger partial charge in [0.15, 0.2) is 0 Å². The molecule has 4 nitrogen and oxygen atoms in total. The summed E-state index contributed by atoms with van der Waals surface area (Å²) >= 11 is 0. The Hall–Kier alpha value is -2.07. The van der Waals surface area contributed by atoms with Gasteiger partial charge in [-0.15, -0.1) is 0 Å². The quantitative estimate of drug-likeness (QED) is 0.434. The molecule has 0 radical (unpaired) electrons. The van der Waals surface area contributed by atoms with E-state index in [-0.39, 0.29) is 17.6 Å². The first kappa shape index (κ1) is 14.0. The average molecular weight is 244 g/mol. The fourth-order valence-corrected chi connectivity index (χ4v) is 1.73. The number of rotatable bonds is 3. The summed E-state index contributed by atoms with van der Waals surface area (Å²) in [5.74, 6) is -0.943. The van der Waals surface area contributed by atoms with E-state index in [1.165, 1.54) is 0 Å². The highest BCUT2D eigenvalue weighted by atomic mass is 16.5. The van der Waals surface area contributed by atoms with Crippen LogP contribution in [0.25, 0.3) is 0 Å². The molecule has 0 N–H and O–H groups in total. The summed E-state index contributed by atoms with van der Waals surface area (Å²) in [5, 5.41) is 17.5. The number of hydrogen-bond donors (Lipinski definition) is 0. The maximum atomic E-state index is 11.9. The highest BCUT2D eigenvalue weighted by Crippen LogP contribution is 2.19. The largest absolute Gasteiger partial charge is 0.458 e. The first-order valence-electron chi connectivity index (χ1n) is 5.98. The Morgan fingerprint density at radius 3 is 2.61 bits per heavy atom. The molecule has 0 saturated heterocycles. The van der Waals surface area contributed by atoms with Crippen LogP contribution in [0.15, 0.2) is 23.3 Å². The molecule has 0 bridgehead atoms. The molecule has 0 aromatic heterocycles. The Balaban J connectivity index is 2.70. The Morgan fingerprint density at radius 2 is 2.11 bits per heavy atom. The number of nitriles is 2. The van der Waals surface area contributed by atoms with Crippen LogP contribution in [0, 0.1) is 28.6 Å². The lowest BCUT2D eigenvalue weighted by molar-refractivity contribution is -0.150. The van der Waals surface area contributed by atoms with Gasteiger partial charge in [-0.2, -0.15) is 10.5 Å². The normalized spacial score (nSPS) is 19.2. The van der Waals surface area contributed by atoms with Crippen molar-refractivity contribution < 1.29 is 9.53 Å². The van der Waals surface area contributed by atoms with Crippen molar-refractivity contribution >= 4 is 5.97 Å². The topological polar surface area (TPSA) is 73.9 Å². The minimum Gasteiger partial charge on any atom is -0.458 e. The number of nitrogens with zero attached hydrogens (tertiary/aromatic N) is 2. The molecule has 0 amide bonds. The van der Waals surface area contributed by atoms with Crippen LogP contribution in [0.1, 0.15) is 33.1 Å². The summed E-state index contributed by atoms with van der Waals surface area (Å²) in [5.41, 5.74) is 0.448. The first-order chi connectivity index (χ1) is 8.60. The molecule has 1 aliphatic rings. The third-order valence-electron chi connectivity index (χ3n) is 3.10. The zero-order chi connectivity index (χ0) is 13.5. The highest BCUT2D eigenvalue weighted by molar-refractivity contribution is 5.76. The Bertz CT molecular complexity index is 447. The summed E-state index contributed by atoms with van der Waals surface area (Å²) in [6.07, 6.45) is 6.60. The van der Waals surface area contributed by atoms with Gasteiger partial charge < -0.3 is 4.74 Å². The van der Waals surface area contributed by atoms with Crippen molar-refractivity contribution in [1.82, 2.24) is 0 Å². The van der Waals surface area contributed by atoms with Crippen molar-refractivity contribution in [3.8, 4) is 12.1 Å². The van der Waals surface area contributed by atoms with E-state index in [2.05, 4.69) is 0 Å². The van der Waals surface area contributed by atoms with Crippen LogP contribution < -0.4 is 0 Å². The summed E-state index contributed by atoms with van der Waals surface area (Å²) in [4.78, 5) is 11.9. The Morgan fingerprint density at radius 1 is 1.44 bits per heavy atom. The molecule has 0 saturated carbocycles. The molecular formula is C14H16N2O2. The van der Waals surface area contributed by atoms with E-state index in [4.69, 9.17) is 15.3 Å². The third-order valence-corrected chi connectivity index (χ3v) is 3.10. The minimum absolute atomic E-state index is 0.0152. The number of carbonyl (C=O) groups excluding carboxylic acids is 1. The third kappa shape index (κ3) is 3.46. The summed E-state index contributed by atoms with van der Waals surface area (Å²) < 4.78 is 5.33. The van der Waals surface area contributed by atoms with Crippen LogP contribution in [0.3, 0.4) is 0 Å². The van der Waals surface area contributed by atoms with Crippen molar-refractivity contribution in [1.29, 1.82) is 10.5 Å². The van der Waals surface area contributed by atoms with Gasteiger partial charge >= 0.3 is 5.97 Å². The van der Waals surface area contributed by atoms with Crippen LogP contribution in [-0.2, 0) is 9.53 Å². The van der Waals surface area contributed by atoms with Crippen LogP contribution in [0.5, 0.6) is 0 Å². The van der Waals surface area contributed by atoms with Crippen molar-refractivity contribution in [3.05, 3.63) is 23.3 Å². The Kier molecular flexibility index (Phi) is 5.14. The molecule has 0 aliphatic heterocycles. The maximum Gasteiger partial charge on any atom is 0.313 e. The van der Waals surface area contributed by atoms with E-state index in [9.17, 15) is 4.79 Å². The summed E-state index contributed by atoms with van der Waals surface area (Å²) in [6.45, 7) is 3.27. The molecule has 18 heavy (non-hydrogen) atoms. The zero-order valence-electron chi connectivity index (χ0n) is 10.6. The van der Waals surface area contributed by atoms with Crippen LogP contribution in [0.4, 0.5) is 0 Å². The number of allylic oxidation sites excluding steroid dienone is 2. The smallest absolute Gasteiger partial charge is 0.313 e. The molecule has 0 aromatic rings. The van der Waals surface area contributed by atoms with Gasteiger partial charge in [0.25, 0.3) is 0 Å². The van der Waals surface area contributed by atoms with Crippen molar-refractivity contribution in [3.63, 3.8) is 0 Å². The molecule has 1 aliphatic carbocycles. The second-order valence-corrected chi connectivity index (χ2v) is 4.34. The van der Waals surface area contributed by atoms with E-state index >= 15 is 0 Å². The van der Waals surface area contributed by atoms with E-state index in [0.717, 1.165) is 19.3 Å². The van der Waals surface area contributed by atoms with Crippen LogP contribution >= 0.6 is 0 Å². The van der Waals surface area contributed by atoms with Gasteiger partial charge in [0, 0.05) is 0 Å². The number of hydrogen-bond acceptors (Lipinski definition) is 4. The van der Waals surface area contributed by atoms with Gasteiger partial charge in [-0.25, -0.2) is 0 Å². The predicted molar refractivity (Wildman–Crippen MR) is 66.0 cm³/mol. The van der Waals surface area contributed by atoms with Crippen LogP contribution in [0.2, 0.25) is 0 Å². The molecule has 0 spiro atoms. The fourth-order valence-electron chi connectivity index (χ4n) is 1.73. The van der Waals surface area contributed by atoms with E-state index < -0.39 is 5.92 Å². The predicted octanol–water partition coefficient (Wildman–Crippen LogP) is 2.64. The first-order valence-corrected chi connectivity index (χ1v) is 5.98. The molecule has 2 atom stereocenters. The molecule has 0 aromatic carbocycles. The van der Waals surface area contributed by atoms with Gasteiger partial charge in [-0.05, 0) is 44.8 Å². The molecular weight excluding hydrogens is 228 g/mol. The molecule has 0 heterocycles. The standard InChI is InChI=1S/C14H16N2O2/c1-10(12(8-15)9-16)11(2)14(17)18-13-6-4-3-5-7-13/h4,6,11,13H,3,5,7H2,1-2H3. The van der Waals surface area contributed by atoms with Crippen molar-refractivity contribution in [2.75, 3.05) is 0 Å². The molecule has 94 valence electrons. The van der Waals surface area contributed by atoms with E-state index in [1.807, 2.05) is 12.2 Å². The monoisotopic (exact) mass is 244 g/mol. The summed E-state index contributed by atoms with van der Waals surface area (Å²) in [6, 6.07) is 3.58. The number of ether oxygens (including phenoxy) is 1. The highest BCUT2D eigenvalue weighted by Gasteiger charge is 2.22. The van der Waals surface area contributed by atoms with Crippen molar-refractivity contribution in [2.24, 2.45) is 5.92 Å². The second-order valence-electron chi connectivity index (χ2n) is 4.34. The number of esters is 1. The Labute approximate surface area is 107 Å². The molecule has 2 unspecified atom stereocenters. The SMILES string of the molecule is CC(=C(C#N)C#N)C(C)C(=O)OC1C=CCCC1. The fraction of sp³-hybridized carbons (Fsp3) is 0.500. The minimum atomic E-state index is -0.561. The van der Waals surface area contributed by atoms with E-state index in [1.54, 1.807) is 26.0 Å².